The van der Waals surface area contributed by atoms with Crippen molar-refractivity contribution in [2.24, 2.45) is 11.7 Å². The zero-order chi connectivity index (χ0) is 10.7. The van der Waals surface area contributed by atoms with Crippen molar-refractivity contribution in [3.8, 4) is 0 Å². The Bertz CT molecular complexity index is 324. The lowest BCUT2D eigenvalue weighted by Crippen LogP contribution is -2.35. The summed E-state index contributed by atoms with van der Waals surface area (Å²) in [5.74, 6) is 1.86. The van der Waals surface area contributed by atoms with Gasteiger partial charge >= 0.3 is 0 Å². The van der Waals surface area contributed by atoms with Gasteiger partial charge in [0, 0.05) is 31.4 Å². The zero-order valence-electron chi connectivity index (χ0n) is 9.32. The molecule has 1 aliphatic heterocycles. The second-order valence-electron chi connectivity index (χ2n) is 4.38. The van der Waals surface area contributed by atoms with Gasteiger partial charge in [0.1, 0.15) is 5.82 Å². The topological polar surface area (TPSA) is 42.2 Å². The van der Waals surface area contributed by atoms with Crippen molar-refractivity contribution >= 4 is 5.82 Å². The van der Waals surface area contributed by atoms with Crippen LogP contribution in [0.15, 0.2) is 18.3 Å². The van der Waals surface area contributed by atoms with Crippen LogP contribution in [0.3, 0.4) is 0 Å². The molecule has 0 spiro atoms. The summed E-state index contributed by atoms with van der Waals surface area (Å²) in [6, 6.07) is 4.03. The zero-order valence-corrected chi connectivity index (χ0v) is 9.32. The second-order valence-corrected chi connectivity index (χ2v) is 4.38. The molecule has 0 radical (unpaired) electrons. The molecule has 2 heterocycles. The van der Waals surface area contributed by atoms with Gasteiger partial charge in [-0.15, -0.1) is 0 Å². The Morgan fingerprint density at radius 3 is 3.20 bits per heavy atom. The van der Waals surface area contributed by atoms with Gasteiger partial charge in [0.25, 0.3) is 0 Å². The van der Waals surface area contributed by atoms with E-state index >= 15 is 0 Å². The molecule has 0 amide bonds. The first-order chi connectivity index (χ1) is 7.31. The minimum absolute atomic E-state index is 0.577. The summed E-state index contributed by atoms with van der Waals surface area (Å²) in [6.07, 6.45) is 4.46. The number of nitrogens with zero attached hydrogens (tertiary/aromatic N) is 2. The number of piperidine rings is 1. The van der Waals surface area contributed by atoms with E-state index in [2.05, 4.69) is 22.9 Å². The highest BCUT2D eigenvalue weighted by Gasteiger charge is 2.18. The van der Waals surface area contributed by atoms with Crippen molar-refractivity contribution in [1.82, 2.24) is 4.98 Å². The summed E-state index contributed by atoms with van der Waals surface area (Å²) < 4.78 is 0. The van der Waals surface area contributed by atoms with Gasteiger partial charge in [-0.1, -0.05) is 13.0 Å². The third kappa shape index (κ3) is 2.29. The van der Waals surface area contributed by atoms with Crippen molar-refractivity contribution < 1.29 is 0 Å². The van der Waals surface area contributed by atoms with Crippen LogP contribution in [0.4, 0.5) is 5.82 Å². The van der Waals surface area contributed by atoms with Crippen LogP contribution in [0.2, 0.25) is 0 Å². The van der Waals surface area contributed by atoms with E-state index in [4.69, 9.17) is 5.73 Å². The van der Waals surface area contributed by atoms with E-state index in [1.165, 1.54) is 12.8 Å². The number of rotatable bonds is 2. The summed E-state index contributed by atoms with van der Waals surface area (Å²) >= 11 is 0. The third-order valence-corrected chi connectivity index (χ3v) is 3.04. The van der Waals surface area contributed by atoms with Crippen LogP contribution in [-0.4, -0.2) is 18.1 Å². The molecule has 0 aliphatic carbocycles. The van der Waals surface area contributed by atoms with Crippen LogP contribution in [0.25, 0.3) is 0 Å². The SMILES string of the molecule is CC1CCCN(c2ncccc2CN)C1. The van der Waals surface area contributed by atoms with Gasteiger partial charge in [-0.3, -0.25) is 0 Å². The normalized spacial score (nSPS) is 21.7. The van der Waals surface area contributed by atoms with Gasteiger partial charge in [0.15, 0.2) is 0 Å². The molecule has 1 aromatic heterocycles. The average molecular weight is 205 g/mol. The molecule has 2 rings (SSSR count). The molecule has 0 aromatic carbocycles. The van der Waals surface area contributed by atoms with Crippen molar-refractivity contribution in [2.45, 2.75) is 26.3 Å². The van der Waals surface area contributed by atoms with Crippen molar-refractivity contribution in [3.05, 3.63) is 23.9 Å². The summed E-state index contributed by atoms with van der Waals surface area (Å²) in [5, 5.41) is 0. The molecule has 3 nitrogen and oxygen atoms in total. The lowest BCUT2D eigenvalue weighted by Gasteiger charge is -2.32. The lowest BCUT2D eigenvalue weighted by molar-refractivity contribution is 0.444. The number of anilines is 1. The monoisotopic (exact) mass is 205 g/mol. The van der Waals surface area contributed by atoms with Gasteiger partial charge < -0.3 is 10.6 Å². The molecule has 0 bridgehead atoms. The summed E-state index contributed by atoms with van der Waals surface area (Å²) in [4.78, 5) is 6.82. The second kappa shape index (κ2) is 4.62. The average Bonchev–Trinajstić information content (AvgIpc) is 2.29. The van der Waals surface area contributed by atoms with Gasteiger partial charge in [-0.2, -0.15) is 0 Å². The molecule has 15 heavy (non-hydrogen) atoms. The lowest BCUT2D eigenvalue weighted by atomic mass is 10.00. The van der Waals surface area contributed by atoms with Crippen LogP contribution in [0.1, 0.15) is 25.3 Å². The van der Waals surface area contributed by atoms with Crippen molar-refractivity contribution in [1.29, 1.82) is 0 Å². The Labute approximate surface area is 91.3 Å². The molecule has 1 aliphatic rings. The first kappa shape index (κ1) is 10.4. The fourth-order valence-corrected chi connectivity index (χ4v) is 2.26. The molecular formula is C12H19N3. The molecule has 1 saturated heterocycles. The van der Waals surface area contributed by atoms with Crippen LogP contribution < -0.4 is 10.6 Å². The van der Waals surface area contributed by atoms with Gasteiger partial charge in [0.2, 0.25) is 0 Å². The molecule has 1 fully saturated rings. The van der Waals surface area contributed by atoms with E-state index in [0.717, 1.165) is 30.4 Å². The summed E-state index contributed by atoms with van der Waals surface area (Å²) in [7, 11) is 0. The molecule has 1 aromatic rings. The van der Waals surface area contributed by atoms with Crippen LogP contribution in [-0.2, 0) is 6.54 Å². The van der Waals surface area contributed by atoms with Gasteiger partial charge in [-0.05, 0) is 24.8 Å². The Balaban J connectivity index is 2.20. The highest BCUT2D eigenvalue weighted by molar-refractivity contribution is 5.46. The van der Waals surface area contributed by atoms with E-state index in [9.17, 15) is 0 Å². The Hall–Kier alpha value is -1.09. The van der Waals surface area contributed by atoms with Crippen LogP contribution in [0, 0.1) is 5.92 Å². The van der Waals surface area contributed by atoms with E-state index < -0.39 is 0 Å². The Morgan fingerprint density at radius 2 is 2.47 bits per heavy atom. The molecule has 2 N–H and O–H groups in total. The third-order valence-electron chi connectivity index (χ3n) is 3.04. The molecule has 0 saturated carbocycles. The number of hydrogen-bond donors (Lipinski definition) is 1. The highest BCUT2D eigenvalue weighted by Crippen LogP contribution is 2.23. The van der Waals surface area contributed by atoms with E-state index in [1.54, 1.807) is 0 Å². The largest absolute Gasteiger partial charge is 0.356 e. The maximum atomic E-state index is 5.73. The molecular weight excluding hydrogens is 186 g/mol. The van der Waals surface area contributed by atoms with Crippen LogP contribution >= 0.6 is 0 Å². The first-order valence-corrected chi connectivity index (χ1v) is 5.70. The van der Waals surface area contributed by atoms with Crippen molar-refractivity contribution in [2.75, 3.05) is 18.0 Å². The minimum Gasteiger partial charge on any atom is -0.356 e. The number of nitrogens with two attached hydrogens (primary N) is 1. The quantitative estimate of drug-likeness (QED) is 0.800. The van der Waals surface area contributed by atoms with Crippen molar-refractivity contribution in [3.63, 3.8) is 0 Å². The number of hydrogen-bond acceptors (Lipinski definition) is 3. The number of pyridine rings is 1. The minimum atomic E-state index is 0.577. The van der Waals surface area contributed by atoms with Gasteiger partial charge in [0.05, 0.1) is 0 Å². The highest BCUT2D eigenvalue weighted by atomic mass is 15.2. The smallest absolute Gasteiger partial charge is 0.133 e. The summed E-state index contributed by atoms with van der Waals surface area (Å²) in [5.41, 5.74) is 6.88. The Kier molecular flexibility index (Phi) is 3.21. The van der Waals surface area contributed by atoms with E-state index in [-0.39, 0.29) is 0 Å². The van der Waals surface area contributed by atoms with Crippen LogP contribution in [0.5, 0.6) is 0 Å². The predicted octanol–water partition coefficient (Wildman–Crippen LogP) is 1.78. The fourth-order valence-electron chi connectivity index (χ4n) is 2.26. The standard InChI is InChI=1S/C12H19N3/c1-10-4-3-7-15(9-10)12-11(8-13)5-2-6-14-12/h2,5-6,10H,3-4,7-9,13H2,1H3. The molecule has 82 valence electrons. The molecule has 3 heteroatoms. The van der Waals surface area contributed by atoms with E-state index in [1.807, 2.05) is 12.3 Å². The van der Waals surface area contributed by atoms with Gasteiger partial charge in [-0.25, -0.2) is 4.98 Å². The summed E-state index contributed by atoms with van der Waals surface area (Å²) in [6.45, 7) is 5.11. The number of aromatic nitrogens is 1. The Morgan fingerprint density at radius 1 is 1.60 bits per heavy atom. The first-order valence-electron chi connectivity index (χ1n) is 5.70. The fraction of sp³-hybridized carbons (Fsp3) is 0.583. The molecule has 1 unspecified atom stereocenters. The predicted molar refractivity (Wildman–Crippen MR) is 62.7 cm³/mol. The van der Waals surface area contributed by atoms with E-state index in [0.29, 0.717) is 6.54 Å². The maximum Gasteiger partial charge on any atom is 0.133 e. The molecule has 1 atom stereocenters. The maximum absolute atomic E-state index is 5.73.